The Morgan fingerprint density at radius 1 is 1.60 bits per heavy atom. The molecule has 0 atom stereocenters. The number of ether oxygens (including phenoxy) is 1. The molecule has 0 radical (unpaired) electrons. The van der Waals surface area contributed by atoms with Gasteiger partial charge in [-0.05, 0) is 0 Å². The first kappa shape index (κ1) is 7.15. The molecule has 0 spiro atoms. The fourth-order valence-corrected chi connectivity index (χ4v) is 0.845. The molecule has 0 aliphatic rings. The third kappa shape index (κ3) is 1.14. The van der Waals surface area contributed by atoms with Crippen LogP contribution in [0.15, 0.2) is 12.4 Å². The summed E-state index contributed by atoms with van der Waals surface area (Å²) >= 11 is 5.58. The van der Waals surface area contributed by atoms with Gasteiger partial charge in [0.25, 0.3) is 0 Å². The van der Waals surface area contributed by atoms with Crippen LogP contribution in [0.25, 0.3) is 0 Å². The van der Waals surface area contributed by atoms with Gasteiger partial charge < -0.3 is 9.84 Å². The van der Waals surface area contributed by atoms with Crippen LogP contribution >= 0.6 is 11.6 Å². The van der Waals surface area contributed by atoms with Crippen LogP contribution < -0.4 is 4.74 Å². The van der Waals surface area contributed by atoms with E-state index in [1.165, 1.54) is 19.5 Å². The Morgan fingerprint density at radius 2 is 2.30 bits per heavy atom. The molecule has 1 aromatic rings. The van der Waals surface area contributed by atoms with Crippen molar-refractivity contribution in [2.24, 2.45) is 0 Å². The third-order valence-electron chi connectivity index (χ3n) is 1.04. The van der Waals surface area contributed by atoms with Crippen molar-refractivity contribution in [3.63, 3.8) is 0 Å². The Labute approximate surface area is 63.2 Å². The fourth-order valence-electron chi connectivity index (χ4n) is 0.615. The van der Waals surface area contributed by atoms with Crippen LogP contribution in [-0.2, 0) is 0 Å². The summed E-state index contributed by atoms with van der Waals surface area (Å²) in [7, 11) is 1.43. The van der Waals surface area contributed by atoms with Crippen molar-refractivity contribution >= 4 is 11.6 Å². The Kier molecular flexibility index (Phi) is 1.97. The van der Waals surface area contributed by atoms with Crippen molar-refractivity contribution < 1.29 is 9.84 Å². The average Bonchev–Trinajstić information content (AvgIpc) is 1.88. The van der Waals surface area contributed by atoms with Crippen LogP contribution in [0.3, 0.4) is 0 Å². The largest absolute Gasteiger partial charge is 0.503 e. The average molecular weight is 160 g/mol. The lowest BCUT2D eigenvalue weighted by Crippen LogP contribution is -1.85. The molecule has 1 heterocycles. The first-order valence-electron chi connectivity index (χ1n) is 2.62. The second-order valence-corrected chi connectivity index (χ2v) is 2.08. The van der Waals surface area contributed by atoms with Crippen LogP contribution in [0.1, 0.15) is 0 Å². The lowest BCUT2D eigenvalue weighted by Gasteiger charge is -2.02. The highest BCUT2D eigenvalue weighted by Crippen LogP contribution is 2.31. The van der Waals surface area contributed by atoms with Gasteiger partial charge >= 0.3 is 0 Å². The van der Waals surface area contributed by atoms with E-state index in [9.17, 15) is 0 Å². The van der Waals surface area contributed by atoms with Crippen molar-refractivity contribution in [1.82, 2.24) is 4.98 Å². The summed E-state index contributed by atoms with van der Waals surface area (Å²) in [6.07, 6.45) is 2.67. The van der Waals surface area contributed by atoms with E-state index < -0.39 is 0 Å². The van der Waals surface area contributed by atoms with Crippen LogP contribution in [0.5, 0.6) is 11.5 Å². The number of halogens is 1. The molecule has 4 heteroatoms. The molecule has 1 N–H and O–H groups in total. The minimum absolute atomic E-state index is 0.0463. The summed E-state index contributed by atoms with van der Waals surface area (Å²) in [6.45, 7) is 0. The van der Waals surface area contributed by atoms with Gasteiger partial charge in [0.2, 0.25) is 0 Å². The molecule has 0 fully saturated rings. The first-order valence-corrected chi connectivity index (χ1v) is 3.00. The maximum Gasteiger partial charge on any atom is 0.182 e. The molecule has 1 aromatic heterocycles. The monoisotopic (exact) mass is 159 g/mol. The van der Waals surface area contributed by atoms with Gasteiger partial charge in [0, 0.05) is 6.20 Å². The zero-order valence-electron chi connectivity index (χ0n) is 5.34. The standard InChI is InChI=1S/C6H6ClNO2/c1-10-6-4(7)2-8-3-5(6)9/h2-3,9H,1H3. The number of hydrogen-bond donors (Lipinski definition) is 1. The number of rotatable bonds is 1. The summed E-state index contributed by atoms with van der Waals surface area (Å²) < 4.78 is 4.75. The van der Waals surface area contributed by atoms with E-state index in [2.05, 4.69) is 4.98 Å². The molecule has 0 aliphatic heterocycles. The Bertz CT molecular complexity index is 219. The summed E-state index contributed by atoms with van der Waals surface area (Å²) in [5, 5.41) is 9.33. The minimum atomic E-state index is -0.0463. The number of aromatic hydroxyl groups is 1. The molecule has 0 aliphatic carbocycles. The van der Waals surface area contributed by atoms with Gasteiger partial charge in [-0.25, -0.2) is 0 Å². The van der Waals surface area contributed by atoms with Crippen molar-refractivity contribution in [3.05, 3.63) is 17.4 Å². The zero-order valence-corrected chi connectivity index (χ0v) is 6.09. The summed E-state index contributed by atoms with van der Waals surface area (Å²) in [5.41, 5.74) is 0. The lowest BCUT2D eigenvalue weighted by atomic mass is 10.4. The first-order chi connectivity index (χ1) is 4.75. The normalized spacial score (nSPS) is 9.40. The molecular weight excluding hydrogens is 154 g/mol. The van der Waals surface area contributed by atoms with Gasteiger partial charge in [0.15, 0.2) is 11.5 Å². The molecule has 0 bridgehead atoms. The van der Waals surface area contributed by atoms with Crippen LogP contribution in [0.4, 0.5) is 0 Å². The molecule has 0 aromatic carbocycles. The third-order valence-corrected chi connectivity index (χ3v) is 1.31. The van der Waals surface area contributed by atoms with Crippen LogP contribution in [0.2, 0.25) is 5.02 Å². The number of aromatic nitrogens is 1. The molecular formula is C6H6ClNO2. The molecule has 0 unspecified atom stereocenters. The molecule has 10 heavy (non-hydrogen) atoms. The SMILES string of the molecule is COc1c(O)cncc1Cl. The molecule has 0 saturated carbocycles. The van der Waals surface area contributed by atoms with E-state index in [1.807, 2.05) is 0 Å². The maximum atomic E-state index is 9.02. The van der Waals surface area contributed by atoms with Gasteiger partial charge in [-0.1, -0.05) is 11.6 Å². The van der Waals surface area contributed by atoms with E-state index in [4.69, 9.17) is 21.4 Å². The van der Waals surface area contributed by atoms with Crippen molar-refractivity contribution in [2.45, 2.75) is 0 Å². The summed E-state index contributed by atoms with van der Waals surface area (Å²) in [6, 6.07) is 0. The van der Waals surface area contributed by atoms with Crippen molar-refractivity contribution in [3.8, 4) is 11.5 Å². The van der Waals surface area contributed by atoms with Gasteiger partial charge in [-0.15, -0.1) is 0 Å². The van der Waals surface area contributed by atoms with Crippen molar-refractivity contribution in [2.75, 3.05) is 7.11 Å². The smallest absolute Gasteiger partial charge is 0.182 e. The Hall–Kier alpha value is -0.960. The molecule has 0 amide bonds. The highest BCUT2D eigenvalue weighted by atomic mass is 35.5. The summed E-state index contributed by atoms with van der Waals surface area (Å²) in [4.78, 5) is 3.63. The van der Waals surface area contributed by atoms with E-state index >= 15 is 0 Å². The van der Waals surface area contributed by atoms with Crippen LogP contribution in [0, 0.1) is 0 Å². The van der Waals surface area contributed by atoms with E-state index in [-0.39, 0.29) is 11.5 Å². The maximum absolute atomic E-state index is 9.02. The second-order valence-electron chi connectivity index (χ2n) is 1.67. The zero-order chi connectivity index (χ0) is 7.56. The predicted octanol–water partition coefficient (Wildman–Crippen LogP) is 1.45. The molecule has 0 saturated heterocycles. The highest BCUT2D eigenvalue weighted by Gasteiger charge is 2.04. The topological polar surface area (TPSA) is 42.4 Å². The Balaban J connectivity index is 3.17. The summed E-state index contributed by atoms with van der Waals surface area (Å²) in [5.74, 6) is 0.215. The van der Waals surface area contributed by atoms with Gasteiger partial charge in [0.05, 0.1) is 13.3 Å². The number of nitrogens with zero attached hydrogens (tertiary/aromatic N) is 1. The number of methoxy groups -OCH3 is 1. The van der Waals surface area contributed by atoms with E-state index in [0.29, 0.717) is 5.02 Å². The van der Waals surface area contributed by atoms with E-state index in [0.717, 1.165) is 0 Å². The Morgan fingerprint density at radius 3 is 2.70 bits per heavy atom. The molecule has 54 valence electrons. The van der Waals surface area contributed by atoms with Crippen molar-refractivity contribution in [1.29, 1.82) is 0 Å². The number of hydrogen-bond acceptors (Lipinski definition) is 3. The quantitative estimate of drug-likeness (QED) is 0.675. The van der Waals surface area contributed by atoms with Gasteiger partial charge in [0.1, 0.15) is 5.02 Å². The van der Waals surface area contributed by atoms with Crippen LogP contribution in [-0.4, -0.2) is 17.2 Å². The predicted molar refractivity (Wildman–Crippen MR) is 37.5 cm³/mol. The van der Waals surface area contributed by atoms with Gasteiger partial charge in [-0.3, -0.25) is 4.98 Å². The molecule has 1 rings (SSSR count). The lowest BCUT2D eigenvalue weighted by molar-refractivity contribution is 0.372. The number of pyridine rings is 1. The second kappa shape index (κ2) is 2.75. The highest BCUT2D eigenvalue weighted by molar-refractivity contribution is 6.32. The minimum Gasteiger partial charge on any atom is -0.503 e. The van der Waals surface area contributed by atoms with Gasteiger partial charge in [-0.2, -0.15) is 0 Å². The van der Waals surface area contributed by atoms with E-state index in [1.54, 1.807) is 0 Å². The molecule has 3 nitrogen and oxygen atoms in total. The fraction of sp³-hybridized carbons (Fsp3) is 0.167.